The van der Waals surface area contributed by atoms with E-state index in [4.69, 9.17) is 20.7 Å². The van der Waals surface area contributed by atoms with Gasteiger partial charge in [0.1, 0.15) is 11.7 Å². The largest absolute Gasteiger partial charge is 0.477 e. The number of halogens is 3. The van der Waals surface area contributed by atoms with Crippen molar-refractivity contribution < 1.29 is 52.8 Å². The lowest BCUT2D eigenvalue weighted by Gasteiger charge is -2.39. The van der Waals surface area contributed by atoms with E-state index in [1.807, 2.05) is 28.1 Å². The number of pyridine rings is 1. The quantitative estimate of drug-likeness (QED) is 0.171. The molecule has 5 aliphatic heterocycles. The van der Waals surface area contributed by atoms with Crippen LogP contribution < -0.4 is 20.3 Å². The Kier molecular flexibility index (Phi) is 9.68. The summed E-state index contributed by atoms with van der Waals surface area (Å²) >= 11 is 0. The van der Waals surface area contributed by atoms with E-state index in [-0.39, 0.29) is 23.1 Å². The van der Waals surface area contributed by atoms with Crippen molar-refractivity contribution >= 4 is 52.2 Å². The van der Waals surface area contributed by atoms with Gasteiger partial charge in [0.05, 0.1) is 51.7 Å². The Morgan fingerprint density at radius 1 is 0.868 bits per heavy atom. The molecule has 3 fully saturated rings. The Hall–Kier alpha value is -6.67. The van der Waals surface area contributed by atoms with Gasteiger partial charge in [-0.2, -0.15) is 5.10 Å². The van der Waals surface area contributed by atoms with Gasteiger partial charge in [-0.15, -0.1) is 0 Å². The number of amides is 5. The fraction of sp³-hybridized carbons (Fsp3) is 0.458. The fourth-order valence-corrected chi connectivity index (χ4v) is 9.55. The Morgan fingerprint density at radius 3 is 2.37 bits per heavy atom. The lowest BCUT2D eigenvalue weighted by Crippen LogP contribution is -2.54. The van der Waals surface area contributed by atoms with Gasteiger partial charge in [0.15, 0.2) is 17.5 Å². The second-order valence-corrected chi connectivity index (χ2v) is 17.9. The number of likely N-dealkylation sites (tertiary alicyclic amines) is 1. The summed E-state index contributed by atoms with van der Waals surface area (Å²) in [5.41, 5.74) is -0.463. The lowest BCUT2D eigenvalue weighted by atomic mass is 9.95. The van der Waals surface area contributed by atoms with Crippen LogP contribution in [0.1, 0.15) is 98.7 Å². The molecule has 356 valence electrons. The smallest absolute Gasteiger partial charge is 0.265 e. The molecule has 5 amide bonds. The third kappa shape index (κ3) is 8.37. The second kappa shape index (κ2) is 18.1. The average Bonchev–Trinajstić information content (AvgIpc) is 3.98. The average molecular weight is 944 g/mol. The number of ether oxygens (including phenoxy) is 1. The minimum absolute atomic E-state index is 0.111. The zero-order chi connectivity index (χ0) is 54.7. The predicted molar refractivity (Wildman–Crippen MR) is 242 cm³/mol. The van der Waals surface area contributed by atoms with E-state index in [9.17, 15) is 24.0 Å². The number of anilines is 2. The standard InChI is InChI=1S/C48H52F3N11O6/c1-26-5-4-18-68-47-31(22-52-57(47)3)33-21-30(19-27(2)53-33)43(64)56-48-54-32-7-6-29(20-35(32)61(48)23-26)25-58-12-10-28(11-13-58)24-59-14-16-60(17-15-59)42-40(50)38-37(39(49)41(42)51)45(66)62(46(38)67)34-8-9-36(63)55-44(34)65/h6-7,19-22,26,28,34H,4-5,8-18,23-25H2,1-3H3,(H,54,56,64)(H,55,63,65)/t26-,34?/m1/s1/i14D2,15D2,16D2,17D2. The SMILES string of the molecule is [2H]C1([2H])N(CC2CCN(Cc3ccc4nc5n(c4c3)C[C@H](C)CCCOc3c(cnn3C)-c3cc(cc(C)n3)C(=O)N5)CC2)C([2H])([2H])C([2H])([2H])N(c2c(F)c(F)c3c(c2F)C(=O)N(C2CCC(=O)NC2=O)C3=O)C1([2H])[2H]. The summed E-state index contributed by atoms with van der Waals surface area (Å²) in [4.78, 5) is 76.8. The van der Waals surface area contributed by atoms with Crippen LogP contribution in [-0.4, -0.2) is 127 Å². The number of benzene rings is 2. The van der Waals surface area contributed by atoms with Gasteiger partial charge >= 0.3 is 0 Å². The van der Waals surface area contributed by atoms with Crippen molar-refractivity contribution in [3.05, 3.63) is 81.9 Å². The minimum atomic E-state index is -3.90. The highest BCUT2D eigenvalue weighted by atomic mass is 19.2. The highest BCUT2D eigenvalue weighted by Crippen LogP contribution is 2.39. The van der Waals surface area contributed by atoms with Crippen LogP contribution in [-0.2, 0) is 29.7 Å². The van der Waals surface area contributed by atoms with E-state index in [1.165, 1.54) is 0 Å². The number of carbonyl (C=O) groups is 5. The molecule has 1 unspecified atom stereocenters. The highest BCUT2D eigenvalue weighted by Gasteiger charge is 2.50. The first-order valence-electron chi connectivity index (χ1n) is 26.4. The first-order chi connectivity index (χ1) is 35.7. The van der Waals surface area contributed by atoms with Crippen molar-refractivity contribution in [2.75, 3.05) is 62.4 Å². The molecule has 68 heavy (non-hydrogen) atoms. The fourth-order valence-electron chi connectivity index (χ4n) is 9.55. The molecule has 3 saturated heterocycles. The molecule has 2 aromatic carbocycles. The molecule has 5 aliphatic rings. The van der Waals surface area contributed by atoms with Gasteiger partial charge in [0.2, 0.25) is 23.6 Å². The summed E-state index contributed by atoms with van der Waals surface area (Å²) in [6.45, 7) is -9.49. The zero-order valence-corrected chi connectivity index (χ0v) is 37.3. The van der Waals surface area contributed by atoms with Crippen LogP contribution in [0.5, 0.6) is 5.88 Å². The normalized spacial score (nSPS) is 25.9. The molecule has 17 nitrogen and oxygen atoms in total. The first kappa shape index (κ1) is 36.4. The maximum absolute atomic E-state index is 16.7. The summed E-state index contributed by atoms with van der Waals surface area (Å²) < 4.78 is 131. The number of rotatable bonds is 6. The van der Waals surface area contributed by atoms with Crippen LogP contribution in [0.25, 0.3) is 22.3 Å². The molecule has 0 radical (unpaired) electrons. The van der Waals surface area contributed by atoms with Crippen LogP contribution in [0.15, 0.2) is 36.5 Å². The lowest BCUT2D eigenvalue weighted by molar-refractivity contribution is -0.136. The van der Waals surface area contributed by atoms with E-state index in [1.54, 1.807) is 37.0 Å². The van der Waals surface area contributed by atoms with Gasteiger partial charge in [-0.05, 0) is 93.8 Å². The van der Waals surface area contributed by atoms with Gasteiger partial charge in [-0.1, -0.05) is 13.0 Å². The van der Waals surface area contributed by atoms with Gasteiger partial charge in [0.25, 0.3) is 17.7 Å². The molecule has 0 saturated carbocycles. The Morgan fingerprint density at radius 2 is 1.62 bits per heavy atom. The summed E-state index contributed by atoms with van der Waals surface area (Å²) in [5.74, 6) is -12.0. The van der Waals surface area contributed by atoms with Gasteiger partial charge < -0.3 is 14.2 Å². The number of aryl methyl sites for hydroxylation is 2. The minimum Gasteiger partial charge on any atom is -0.477 e. The molecule has 2 atom stereocenters. The number of hydrogen-bond acceptors (Lipinski definition) is 12. The summed E-state index contributed by atoms with van der Waals surface area (Å²) in [7, 11) is 1.78. The molecule has 0 spiro atoms. The van der Waals surface area contributed by atoms with Crippen molar-refractivity contribution in [2.24, 2.45) is 18.9 Å². The van der Waals surface area contributed by atoms with E-state index in [0.717, 1.165) is 23.9 Å². The third-order valence-electron chi connectivity index (χ3n) is 13.0. The number of aromatic nitrogens is 5. The molecule has 2 bridgehead atoms. The Balaban J connectivity index is 0.861. The topological polar surface area (TPSA) is 180 Å². The van der Waals surface area contributed by atoms with E-state index in [0.29, 0.717) is 90.4 Å². The van der Waals surface area contributed by atoms with Crippen LogP contribution >= 0.6 is 0 Å². The van der Waals surface area contributed by atoms with Crippen molar-refractivity contribution in [1.82, 2.24) is 44.3 Å². The molecule has 20 heteroatoms. The van der Waals surface area contributed by atoms with Crippen LogP contribution in [0, 0.1) is 36.2 Å². The Bertz CT molecular complexity index is 3250. The molecule has 10 rings (SSSR count). The molecule has 0 aliphatic carbocycles. The number of piperazine rings is 1. The molecule has 3 aromatic heterocycles. The number of carbonyl (C=O) groups excluding carboxylic acids is 5. The summed E-state index contributed by atoms with van der Waals surface area (Å²) in [5, 5.41) is 9.30. The molecular formula is C48H52F3N11O6. The van der Waals surface area contributed by atoms with Gasteiger partial charge in [-0.25, -0.2) is 22.8 Å². The van der Waals surface area contributed by atoms with Crippen LogP contribution in [0.4, 0.5) is 24.8 Å². The highest BCUT2D eigenvalue weighted by molar-refractivity contribution is 6.24. The van der Waals surface area contributed by atoms with E-state index < -0.39 is 114 Å². The number of imidazole rings is 1. The van der Waals surface area contributed by atoms with Crippen molar-refractivity contribution in [2.45, 2.75) is 71.5 Å². The number of nitrogens with zero attached hydrogens (tertiary/aromatic N) is 9. The third-order valence-corrected chi connectivity index (χ3v) is 13.0. The van der Waals surface area contributed by atoms with Crippen LogP contribution in [0.3, 0.4) is 0 Å². The summed E-state index contributed by atoms with van der Waals surface area (Å²) in [6.07, 6.45) is 2.99. The van der Waals surface area contributed by atoms with E-state index >= 15 is 13.2 Å². The van der Waals surface area contributed by atoms with Crippen molar-refractivity contribution in [3.8, 4) is 17.1 Å². The number of fused-ring (bicyclic) bond motifs is 8. The maximum atomic E-state index is 16.7. The monoisotopic (exact) mass is 943 g/mol. The van der Waals surface area contributed by atoms with Crippen LogP contribution in [0.2, 0.25) is 0 Å². The second-order valence-electron chi connectivity index (χ2n) is 17.9. The van der Waals surface area contributed by atoms with Crippen molar-refractivity contribution in [1.29, 1.82) is 0 Å². The maximum Gasteiger partial charge on any atom is 0.265 e. The van der Waals surface area contributed by atoms with Crippen molar-refractivity contribution in [3.63, 3.8) is 0 Å². The predicted octanol–water partition coefficient (Wildman–Crippen LogP) is 5.05. The zero-order valence-electron chi connectivity index (χ0n) is 45.3. The number of imide groups is 2. The summed E-state index contributed by atoms with van der Waals surface area (Å²) in [6, 6.07) is 7.41. The Labute approximate surface area is 400 Å². The first-order valence-corrected chi connectivity index (χ1v) is 22.4. The van der Waals surface area contributed by atoms with E-state index in [2.05, 4.69) is 27.2 Å². The molecule has 5 aromatic rings. The van der Waals surface area contributed by atoms with Gasteiger partial charge in [0, 0.05) is 75.8 Å². The van der Waals surface area contributed by atoms with Gasteiger partial charge in [-0.3, -0.25) is 54.3 Å². The molecule has 2 N–H and O–H groups in total. The molecule has 8 heterocycles. The number of nitrogens with one attached hydrogen (secondary N) is 2. The molecular weight excluding hydrogens is 884 g/mol. The number of piperidine rings is 2. The number of hydrogen-bond donors (Lipinski definition) is 2.